The summed E-state index contributed by atoms with van der Waals surface area (Å²) in [5.41, 5.74) is 0.848. The van der Waals surface area contributed by atoms with Crippen LogP contribution < -0.4 is 0 Å². The van der Waals surface area contributed by atoms with Gasteiger partial charge in [-0.05, 0) is 30.7 Å². The van der Waals surface area contributed by atoms with Crippen molar-refractivity contribution < 1.29 is 8.78 Å². The van der Waals surface area contributed by atoms with Gasteiger partial charge in [0.1, 0.15) is 11.6 Å². The molecule has 16 heavy (non-hydrogen) atoms. The SMILES string of the molecule is Cc1cc(F)c(-c2ccccc2Cl)c(F)c1. The van der Waals surface area contributed by atoms with E-state index in [1.807, 2.05) is 0 Å². The Morgan fingerprint density at radius 3 is 2.12 bits per heavy atom. The van der Waals surface area contributed by atoms with Gasteiger partial charge in [0.05, 0.1) is 5.56 Å². The molecule has 0 unspecified atom stereocenters. The van der Waals surface area contributed by atoms with E-state index in [4.69, 9.17) is 11.6 Å². The summed E-state index contributed by atoms with van der Waals surface area (Å²) >= 11 is 5.91. The van der Waals surface area contributed by atoms with Crippen molar-refractivity contribution in [2.24, 2.45) is 0 Å². The first-order chi connectivity index (χ1) is 7.59. The molecule has 0 atom stereocenters. The first kappa shape index (κ1) is 11.1. The molecule has 0 radical (unpaired) electrons. The van der Waals surface area contributed by atoms with Crippen LogP contribution in [0.5, 0.6) is 0 Å². The predicted octanol–water partition coefficient (Wildman–Crippen LogP) is 4.59. The van der Waals surface area contributed by atoms with Crippen LogP contribution in [0, 0.1) is 18.6 Å². The summed E-state index contributed by atoms with van der Waals surface area (Å²) in [5, 5.41) is 0.337. The minimum atomic E-state index is -0.592. The fraction of sp³-hybridized carbons (Fsp3) is 0.0769. The van der Waals surface area contributed by atoms with Gasteiger partial charge in [0.2, 0.25) is 0 Å². The molecule has 0 spiro atoms. The quantitative estimate of drug-likeness (QED) is 0.682. The molecule has 2 aromatic rings. The molecule has 0 amide bonds. The van der Waals surface area contributed by atoms with Gasteiger partial charge in [0.25, 0.3) is 0 Å². The van der Waals surface area contributed by atoms with Gasteiger partial charge in [-0.3, -0.25) is 0 Å². The van der Waals surface area contributed by atoms with Gasteiger partial charge in [0.15, 0.2) is 0 Å². The van der Waals surface area contributed by atoms with Crippen molar-refractivity contribution in [3.8, 4) is 11.1 Å². The summed E-state index contributed by atoms with van der Waals surface area (Å²) in [7, 11) is 0. The lowest BCUT2D eigenvalue weighted by atomic mass is 10.0. The molecule has 0 nitrogen and oxygen atoms in total. The van der Waals surface area contributed by atoms with Gasteiger partial charge >= 0.3 is 0 Å². The van der Waals surface area contributed by atoms with Crippen LogP contribution in [0.1, 0.15) is 5.56 Å². The zero-order chi connectivity index (χ0) is 11.7. The normalized spacial score (nSPS) is 10.5. The van der Waals surface area contributed by atoms with E-state index in [0.717, 1.165) is 0 Å². The molecule has 2 rings (SSSR count). The summed E-state index contributed by atoms with van der Waals surface area (Å²) in [6.45, 7) is 1.64. The number of aryl methyl sites for hydroxylation is 1. The molecule has 0 saturated carbocycles. The molecule has 0 fully saturated rings. The van der Waals surface area contributed by atoms with Crippen molar-refractivity contribution >= 4 is 11.6 Å². The Balaban J connectivity index is 2.70. The Morgan fingerprint density at radius 1 is 1.00 bits per heavy atom. The summed E-state index contributed by atoms with van der Waals surface area (Å²) in [4.78, 5) is 0. The zero-order valence-electron chi connectivity index (χ0n) is 8.60. The van der Waals surface area contributed by atoms with Crippen LogP contribution in [-0.2, 0) is 0 Å². The Bertz CT molecular complexity index is 512. The Kier molecular flexibility index (Phi) is 2.92. The molecule has 0 aliphatic carbocycles. The van der Waals surface area contributed by atoms with Gasteiger partial charge in [-0.2, -0.15) is 0 Å². The first-order valence-corrected chi connectivity index (χ1v) is 5.18. The van der Waals surface area contributed by atoms with Gasteiger partial charge in [0, 0.05) is 10.6 Å². The fourth-order valence-corrected chi connectivity index (χ4v) is 1.85. The summed E-state index contributed by atoms with van der Waals surface area (Å²) in [6.07, 6.45) is 0. The molecular weight excluding hydrogens is 230 g/mol. The van der Waals surface area contributed by atoms with E-state index in [1.54, 1.807) is 31.2 Å². The highest BCUT2D eigenvalue weighted by Crippen LogP contribution is 2.32. The largest absolute Gasteiger partial charge is 0.206 e. The van der Waals surface area contributed by atoms with Crippen molar-refractivity contribution in [2.75, 3.05) is 0 Å². The topological polar surface area (TPSA) is 0 Å². The van der Waals surface area contributed by atoms with E-state index in [2.05, 4.69) is 0 Å². The van der Waals surface area contributed by atoms with Crippen molar-refractivity contribution in [1.29, 1.82) is 0 Å². The second kappa shape index (κ2) is 4.22. The second-order valence-corrected chi connectivity index (χ2v) is 3.99. The van der Waals surface area contributed by atoms with Gasteiger partial charge in [-0.15, -0.1) is 0 Å². The van der Waals surface area contributed by atoms with Crippen LogP contribution in [0.3, 0.4) is 0 Å². The summed E-state index contributed by atoms with van der Waals surface area (Å²) in [5.74, 6) is -1.18. The van der Waals surface area contributed by atoms with Crippen LogP contribution in [0.2, 0.25) is 5.02 Å². The van der Waals surface area contributed by atoms with E-state index in [0.29, 0.717) is 16.1 Å². The monoisotopic (exact) mass is 238 g/mol. The van der Waals surface area contributed by atoms with E-state index in [-0.39, 0.29) is 5.56 Å². The number of benzene rings is 2. The highest BCUT2D eigenvalue weighted by molar-refractivity contribution is 6.33. The van der Waals surface area contributed by atoms with Crippen molar-refractivity contribution in [1.82, 2.24) is 0 Å². The predicted molar refractivity (Wildman–Crippen MR) is 61.5 cm³/mol. The summed E-state index contributed by atoms with van der Waals surface area (Å²) in [6, 6.07) is 9.20. The maximum absolute atomic E-state index is 13.7. The molecule has 82 valence electrons. The maximum atomic E-state index is 13.7. The molecule has 0 aliphatic rings. The maximum Gasteiger partial charge on any atom is 0.134 e. The number of halogens is 3. The van der Waals surface area contributed by atoms with E-state index in [9.17, 15) is 8.78 Å². The molecule has 0 aromatic heterocycles. The highest BCUT2D eigenvalue weighted by atomic mass is 35.5. The van der Waals surface area contributed by atoms with Gasteiger partial charge < -0.3 is 0 Å². The van der Waals surface area contributed by atoms with Crippen molar-refractivity contribution in [3.63, 3.8) is 0 Å². The fourth-order valence-electron chi connectivity index (χ4n) is 1.62. The number of rotatable bonds is 1. The molecule has 2 aromatic carbocycles. The Labute approximate surface area is 97.5 Å². The Hall–Kier alpha value is -1.41. The average Bonchev–Trinajstić information content (AvgIpc) is 2.19. The molecule has 0 bridgehead atoms. The van der Waals surface area contributed by atoms with Crippen molar-refractivity contribution in [2.45, 2.75) is 6.92 Å². The lowest BCUT2D eigenvalue weighted by Gasteiger charge is -2.08. The van der Waals surface area contributed by atoms with Gasteiger partial charge in [-0.25, -0.2) is 8.78 Å². The average molecular weight is 239 g/mol. The highest BCUT2D eigenvalue weighted by Gasteiger charge is 2.14. The molecule has 3 heteroatoms. The third-order valence-electron chi connectivity index (χ3n) is 2.33. The lowest BCUT2D eigenvalue weighted by molar-refractivity contribution is 0.588. The third kappa shape index (κ3) is 1.93. The Morgan fingerprint density at radius 2 is 1.56 bits per heavy atom. The second-order valence-electron chi connectivity index (χ2n) is 3.58. The van der Waals surface area contributed by atoms with E-state index in [1.165, 1.54) is 12.1 Å². The lowest BCUT2D eigenvalue weighted by Crippen LogP contribution is -1.92. The molecule has 0 saturated heterocycles. The van der Waals surface area contributed by atoms with Crippen LogP contribution in [0.4, 0.5) is 8.78 Å². The van der Waals surface area contributed by atoms with Crippen LogP contribution >= 0.6 is 11.6 Å². The van der Waals surface area contributed by atoms with Crippen LogP contribution in [-0.4, -0.2) is 0 Å². The van der Waals surface area contributed by atoms with Crippen molar-refractivity contribution in [3.05, 3.63) is 58.6 Å². The molecule has 0 N–H and O–H groups in total. The van der Waals surface area contributed by atoms with E-state index < -0.39 is 11.6 Å². The van der Waals surface area contributed by atoms with Crippen LogP contribution in [0.25, 0.3) is 11.1 Å². The molecular formula is C13H9ClF2. The summed E-state index contributed by atoms with van der Waals surface area (Å²) < 4.78 is 27.4. The number of hydrogen-bond donors (Lipinski definition) is 0. The first-order valence-electron chi connectivity index (χ1n) is 4.80. The smallest absolute Gasteiger partial charge is 0.134 e. The molecule has 0 heterocycles. The van der Waals surface area contributed by atoms with Crippen LogP contribution in [0.15, 0.2) is 36.4 Å². The number of hydrogen-bond acceptors (Lipinski definition) is 0. The third-order valence-corrected chi connectivity index (χ3v) is 2.66. The standard InChI is InChI=1S/C13H9ClF2/c1-8-6-11(15)13(12(16)7-8)9-4-2-3-5-10(9)14/h2-7H,1H3. The van der Waals surface area contributed by atoms with Gasteiger partial charge in [-0.1, -0.05) is 29.8 Å². The zero-order valence-corrected chi connectivity index (χ0v) is 9.35. The van der Waals surface area contributed by atoms with E-state index >= 15 is 0 Å². The minimum Gasteiger partial charge on any atom is -0.206 e. The minimum absolute atomic E-state index is 0.0730. The molecule has 0 aliphatic heterocycles.